The topological polar surface area (TPSA) is 63.7 Å². The number of fused-ring (bicyclic) bond motifs is 3. The summed E-state index contributed by atoms with van der Waals surface area (Å²) in [6.45, 7) is 4.49. The number of nitrogens with one attached hydrogen (secondary N) is 2. The van der Waals surface area contributed by atoms with Gasteiger partial charge in [0.2, 0.25) is 0 Å². The quantitative estimate of drug-likeness (QED) is 0.698. The molecule has 7 nitrogen and oxygen atoms in total. The first kappa shape index (κ1) is 19.8. The first-order chi connectivity index (χ1) is 14.4. The number of hydrogen-bond acceptors (Lipinski definition) is 7. The number of alkyl halides is 3. The predicted octanol–water partition coefficient (Wildman–Crippen LogP) is 0.854. The van der Waals surface area contributed by atoms with Crippen LogP contribution in [-0.4, -0.2) is 78.5 Å². The highest BCUT2D eigenvalue weighted by Gasteiger charge is 2.49. The molecular weight excluding hydrogens is 397 g/mol. The maximum atomic E-state index is 13.0. The predicted molar refractivity (Wildman–Crippen MR) is 104 cm³/mol. The van der Waals surface area contributed by atoms with E-state index in [1.165, 1.54) is 11.8 Å². The Hall–Kier alpha value is -2.17. The van der Waals surface area contributed by atoms with Crippen LogP contribution in [0.5, 0.6) is 0 Å². The summed E-state index contributed by atoms with van der Waals surface area (Å²) >= 11 is 0. The van der Waals surface area contributed by atoms with E-state index in [1.807, 2.05) is 0 Å². The number of likely N-dealkylation sites (tertiary alicyclic amines) is 1. The van der Waals surface area contributed by atoms with Crippen LogP contribution < -0.4 is 15.8 Å². The van der Waals surface area contributed by atoms with Gasteiger partial charge >= 0.3 is 6.18 Å². The van der Waals surface area contributed by atoms with Gasteiger partial charge in [-0.05, 0) is 24.6 Å². The molecule has 0 amide bonds. The molecule has 0 radical (unpaired) electrons. The zero-order valence-corrected chi connectivity index (χ0v) is 16.5. The molecule has 1 aromatic heterocycles. The van der Waals surface area contributed by atoms with E-state index in [4.69, 9.17) is 0 Å². The lowest BCUT2D eigenvalue weighted by atomic mass is 9.98. The highest BCUT2D eigenvalue weighted by Crippen LogP contribution is 2.38. The van der Waals surface area contributed by atoms with Gasteiger partial charge < -0.3 is 15.1 Å². The number of hydrogen-bond donors (Lipinski definition) is 2. The second kappa shape index (κ2) is 7.51. The molecule has 1 aromatic rings. The summed E-state index contributed by atoms with van der Waals surface area (Å²) in [4.78, 5) is 22.1. The number of rotatable bonds is 4. The molecule has 4 aliphatic rings. The molecule has 0 aliphatic carbocycles. The Morgan fingerprint density at radius 1 is 1.20 bits per heavy atom. The lowest BCUT2D eigenvalue weighted by Gasteiger charge is -2.43. The zero-order valence-electron chi connectivity index (χ0n) is 16.5. The van der Waals surface area contributed by atoms with Crippen molar-refractivity contribution in [2.75, 3.05) is 44.2 Å². The highest BCUT2D eigenvalue weighted by atomic mass is 19.4. The minimum Gasteiger partial charge on any atom is -0.346 e. The maximum Gasteiger partial charge on any atom is 0.417 e. The van der Waals surface area contributed by atoms with E-state index in [2.05, 4.69) is 36.6 Å². The molecule has 4 aliphatic heterocycles. The minimum atomic E-state index is -4.39. The van der Waals surface area contributed by atoms with Crippen LogP contribution in [0.3, 0.4) is 0 Å². The number of pyridine rings is 1. The third-order valence-corrected chi connectivity index (χ3v) is 6.79. The normalized spacial score (nSPS) is 32.0. The molecule has 3 saturated heterocycles. The largest absolute Gasteiger partial charge is 0.417 e. The smallest absolute Gasteiger partial charge is 0.346 e. The lowest BCUT2D eigenvalue weighted by Crippen LogP contribution is -2.58. The molecule has 5 rings (SSSR count). The lowest BCUT2D eigenvalue weighted by molar-refractivity contribution is -0.137. The van der Waals surface area contributed by atoms with Crippen molar-refractivity contribution in [3.8, 4) is 0 Å². The Labute approximate surface area is 172 Å². The van der Waals surface area contributed by atoms with Gasteiger partial charge in [-0.2, -0.15) is 13.2 Å². The summed E-state index contributed by atoms with van der Waals surface area (Å²) in [7, 11) is 0. The van der Waals surface area contributed by atoms with E-state index < -0.39 is 11.7 Å². The number of piperazine rings is 1. The minimum absolute atomic E-state index is 0.0882. The Morgan fingerprint density at radius 2 is 2.07 bits per heavy atom. The van der Waals surface area contributed by atoms with Gasteiger partial charge in [0, 0.05) is 62.6 Å². The molecule has 5 heterocycles. The molecule has 0 spiro atoms. The molecule has 162 valence electrons. The highest BCUT2D eigenvalue weighted by molar-refractivity contribution is 5.53. The Morgan fingerprint density at radius 3 is 2.80 bits per heavy atom. The maximum absolute atomic E-state index is 13.0. The standard InChI is InChI=1S/C20H25F3N6O/c21-20(22,23)14-1-2-19(24-9-14)29-15-7-17(18(29)12-27(11-15)5-6-30)28-4-3-16-13(10-28)8-25-26-16/h1-3,6,9,13,15,17-18,25-26H,4-5,7-8,10-12H2. The Kier molecular flexibility index (Phi) is 4.95. The van der Waals surface area contributed by atoms with E-state index in [0.29, 0.717) is 24.8 Å². The molecule has 30 heavy (non-hydrogen) atoms. The number of aromatic nitrogens is 1. The Bertz CT molecular complexity index is 829. The fourth-order valence-electron chi connectivity index (χ4n) is 5.44. The van der Waals surface area contributed by atoms with Crippen molar-refractivity contribution in [1.82, 2.24) is 25.6 Å². The van der Waals surface area contributed by atoms with Crippen LogP contribution in [0.15, 0.2) is 30.1 Å². The van der Waals surface area contributed by atoms with Gasteiger partial charge in [-0.15, -0.1) is 0 Å². The van der Waals surface area contributed by atoms with Crippen LogP contribution in [0.1, 0.15) is 12.0 Å². The molecule has 2 N–H and O–H groups in total. The third-order valence-electron chi connectivity index (χ3n) is 6.79. The number of aldehydes is 1. The van der Waals surface area contributed by atoms with Crippen molar-refractivity contribution in [2.45, 2.75) is 30.7 Å². The zero-order chi connectivity index (χ0) is 20.9. The number of nitrogens with zero attached hydrogens (tertiary/aromatic N) is 4. The fraction of sp³-hybridized carbons (Fsp3) is 0.600. The number of halogens is 3. The first-order valence-corrected chi connectivity index (χ1v) is 10.3. The number of carbonyl (C=O) groups is 1. The average Bonchev–Trinajstić information content (AvgIpc) is 3.27. The van der Waals surface area contributed by atoms with Crippen molar-refractivity contribution >= 4 is 12.1 Å². The van der Waals surface area contributed by atoms with Gasteiger partial charge in [0.1, 0.15) is 12.1 Å². The molecule has 2 bridgehead atoms. The molecule has 4 unspecified atom stereocenters. The Balaban J connectivity index is 1.40. The molecule has 0 aromatic carbocycles. The van der Waals surface area contributed by atoms with Crippen molar-refractivity contribution in [3.05, 3.63) is 35.7 Å². The van der Waals surface area contributed by atoms with Crippen LogP contribution in [0.2, 0.25) is 0 Å². The monoisotopic (exact) mass is 422 g/mol. The van der Waals surface area contributed by atoms with E-state index in [1.54, 1.807) is 0 Å². The van der Waals surface area contributed by atoms with Gasteiger partial charge in [0.15, 0.2) is 0 Å². The van der Waals surface area contributed by atoms with Crippen LogP contribution in [0.25, 0.3) is 0 Å². The van der Waals surface area contributed by atoms with Gasteiger partial charge in [0.25, 0.3) is 0 Å². The molecular formula is C20H25F3N6O. The van der Waals surface area contributed by atoms with E-state index >= 15 is 0 Å². The van der Waals surface area contributed by atoms with Crippen LogP contribution in [0, 0.1) is 5.92 Å². The van der Waals surface area contributed by atoms with Gasteiger partial charge in [-0.1, -0.05) is 0 Å². The summed E-state index contributed by atoms with van der Waals surface area (Å²) < 4.78 is 38.9. The summed E-state index contributed by atoms with van der Waals surface area (Å²) in [5.41, 5.74) is 6.92. The van der Waals surface area contributed by atoms with Crippen molar-refractivity contribution in [3.63, 3.8) is 0 Å². The van der Waals surface area contributed by atoms with Gasteiger partial charge in [0.05, 0.1) is 18.2 Å². The molecule has 4 atom stereocenters. The number of hydrazine groups is 1. The van der Waals surface area contributed by atoms with Crippen molar-refractivity contribution in [2.24, 2.45) is 5.92 Å². The van der Waals surface area contributed by atoms with Crippen LogP contribution in [0.4, 0.5) is 19.0 Å². The number of carbonyl (C=O) groups excluding carboxylic acids is 1. The average molecular weight is 422 g/mol. The SMILES string of the molecule is O=CCN1CC2CC(N3CC=C4NNCC4C3)C(C1)N2c1ccc(C(F)(F)F)cn1. The van der Waals surface area contributed by atoms with Gasteiger partial charge in [-0.25, -0.2) is 10.4 Å². The van der Waals surface area contributed by atoms with Crippen LogP contribution >= 0.6 is 0 Å². The second-order valence-corrected chi connectivity index (χ2v) is 8.54. The van der Waals surface area contributed by atoms with E-state index in [-0.39, 0.29) is 18.1 Å². The fourth-order valence-corrected chi connectivity index (χ4v) is 5.44. The summed E-state index contributed by atoms with van der Waals surface area (Å²) in [5.74, 6) is 1.02. The van der Waals surface area contributed by atoms with E-state index in [9.17, 15) is 18.0 Å². The van der Waals surface area contributed by atoms with Crippen molar-refractivity contribution < 1.29 is 18.0 Å². The number of anilines is 1. The van der Waals surface area contributed by atoms with Crippen LogP contribution in [-0.2, 0) is 11.0 Å². The summed E-state index contributed by atoms with van der Waals surface area (Å²) in [6.07, 6.45) is 0.594. The molecule has 3 fully saturated rings. The summed E-state index contributed by atoms with van der Waals surface area (Å²) in [5, 5.41) is 0. The summed E-state index contributed by atoms with van der Waals surface area (Å²) in [6, 6.07) is 3.09. The van der Waals surface area contributed by atoms with Crippen molar-refractivity contribution in [1.29, 1.82) is 0 Å². The first-order valence-electron chi connectivity index (χ1n) is 10.3. The van der Waals surface area contributed by atoms with Gasteiger partial charge in [-0.3, -0.25) is 9.80 Å². The molecule has 0 saturated carbocycles. The van der Waals surface area contributed by atoms with E-state index in [0.717, 1.165) is 51.1 Å². The second-order valence-electron chi connectivity index (χ2n) is 8.54. The third kappa shape index (κ3) is 3.46. The molecule has 10 heteroatoms.